The monoisotopic (exact) mass is 575 g/mol. The Balaban J connectivity index is 2.72. The molecule has 3 atom stereocenters. The lowest BCUT2D eigenvalue weighted by Crippen LogP contribution is -2.50. The van der Waals surface area contributed by atoms with E-state index in [1.54, 1.807) is 6.08 Å². The van der Waals surface area contributed by atoms with Crippen LogP contribution in [0.1, 0.15) is 45.6 Å². The summed E-state index contributed by atoms with van der Waals surface area (Å²) in [5, 5.41) is 16.8. The molecule has 0 aliphatic carbocycles. The van der Waals surface area contributed by atoms with E-state index in [1.807, 2.05) is 51.1 Å². The Morgan fingerprint density at radius 3 is 2.27 bits per heavy atom. The van der Waals surface area contributed by atoms with Crippen LogP contribution in [-0.4, -0.2) is 74.0 Å². The highest BCUT2D eigenvalue weighted by Crippen LogP contribution is 2.21. The third-order valence-corrected chi connectivity index (χ3v) is 6.00. The van der Waals surface area contributed by atoms with Crippen molar-refractivity contribution >= 4 is 23.9 Å². The van der Waals surface area contributed by atoms with Gasteiger partial charge in [0, 0.05) is 13.0 Å². The number of hydrogen-bond donors (Lipinski definition) is 4. The Kier molecular flexibility index (Phi) is 16.7. The van der Waals surface area contributed by atoms with Gasteiger partial charge < -0.3 is 35.3 Å². The van der Waals surface area contributed by atoms with Crippen molar-refractivity contribution in [1.29, 1.82) is 0 Å². The Labute approximate surface area is 242 Å². The fourth-order valence-corrected chi connectivity index (χ4v) is 3.56. The first kappa shape index (κ1) is 35.3. The normalized spacial score (nSPS) is 13.2. The van der Waals surface area contributed by atoms with Crippen molar-refractivity contribution in [2.45, 2.75) is 58.7 Å². The smallest absolute Gasteiger partial charge is 0.408 e. The number of aliphatic hydroxyl groups is 1. The van der Waals surface area contributed by atoms with Crippen molar-refractivity contribution in [2.75, 3.05) is 33.0 Å². The standard InChI is InChI=1S/C30H45N3O8/c1-6-11-23(19-26(35)31-15-17-39-18-16-34)27(36)33-25(30(3,4)5)21-40-28(37)24(12-7-2)32-29(38)41-20-22-13-9-8-10-14-22/h6-10,13-14,23-25,34H,1-2,11-12,15-21H2,3-5H3,(H,31,35)(H,32,38)(H,33,36). The van der Waals surface area contributed by atoms with Gasteiger partial charge in [0.15, 0.2) is 0 Å². The van der Waals surface area contributed by atoms with Crippen LogP contribution >= 0.6 is 0 Å². The summed E-state index contributed by atoms with van der Waals surface area (Å²) in [7, 11) is 0. The number of nitrogens with one attached hydrogen (secondary N) is 3. The first-order chi connectivity index (χ1) is 19.5. The highest BCUT2D eigenvalue weighted by atomic mass is 16.6. The molecule has 4 N–H and O–H groups in total. The molecular weight excluding hydrogens is 530 g/mol. The van der Waals surface area contributed by atoms with Crippen LogP contribution in [0.15, 0.2) is 55.6 Å². The molecule has 0 saturated heterocycles. The molecule has 1 aromatic carbocycles. The first-order valence-corrected chi connectivity index (χ1v) is 13.6. The molecule has 0 radical (unpaired) electrons. The molecule has 0 fully saturated rings. The maximum Gasteiger partial charge on any atom is 0.408 e. The third-order valence-electron chi connectivity index (χ3n) is 6.00. The molecule has 0 aromatic heterocycles. The van der Waals surface area contributed by atoms with Crippen molar-refractivity contribution in [1.82, 2.24) is 16.0 Å². The number of ether oxygens (including phenoxy) is 3. The lowest BCUT2D eigenvalue weighted by Gasteiger charge is -2.32. The minimum atomic E-state index is -1.02. The van der Waals surface area contributed by atoms with E-state index >= 15 is 0 Å². The number of aliphatic hydroxyl groups excluding tert-OH is 1. The molecule has 0 aliphatic heterocycles. The summed E-state index contributed by atoms with van der Waals surface area (Å²) >= 11 is 0. The van der Waals surface area contributed by atoms with Gasteiger partial charge in [-0.1, -0.05) is 63.3 Å². The number of carbonyl (C=O) groups excluding carboxylic acids is 4. The van der Waals surface area contributed by atoms with Gasteiger partial charge in [-0.25, -0.2) is 9.59 Å². The minimum absolute atomic E-state index is 0.0437. The second-order valence-corrected chi connectivity index (χ2v) is 10.5. The van der Waals surface area contributed by atoms with Gasteiger partial charge in [0.2, 0.25) is 11.8 Å². The summed E-state index contributed by atoms with van der Waals surface area (Å²) in [6.45, 7) is 13.4. The number of amides is 3. The maximum absolute atomic E-state index is 13.1. The van der Waals surface area contributed by atoms with Crippen LogP contribution in [0.25, 0.3) is 0 Å². The molecule has 3 amide bonds. The molecule has 11 heteroatoms. The van der Waals surface area contributed by atoms with Gasteiger partial charge in [-0.15, -0.1) is 13.2 Å². The van der Waals surface area contributed by atoms with Crippen molar-refractivity contribution in [3.63, 3.8) is 0 Å². The fourth-order valence-electron chi connectivity index (χ4n) is 3.56. The lowest BCUT2D eigenvalue weighted by atomic mass is 9.86. The van der Waals surface area contributed by atoms with Crippen molar-refractivity contribution in [3.05, 3.63) is 61.2 Å². The zero-order valence-electron chi connectivity index (χ0n) is 24.4. The summed E-state index contributed by atoms with van der Waals surface area (Å²) in [5.41, 5.74) is 0.297. The van der Waals surface area contributed by atoms with Gasteiger partial charge in [-0.05, 0) is 23.8 Å². The van der Waals surface area contributed by atoms with Gasteiger partial charge in [0.05, 0.1) is 31.8 Å². The summed E-state index contributed by atoms with van der Waals surface area (Å²) in [5.74, 6) is -2.08. The highest BCUT2D eigenvalue weighted by Gasteiger charge is 2.32. The molecule has 1 aromatic rings. The molecule has 228 valence electrons. The quantitative estimate of drug-likeness (QED) is 0.112. The number of rotatable bonds is 19. The second kappa shape index (κ2) is 19.4. The molecule has 3 unspecified atom stereocenters. The van der Waals surface area contributed by atoms with Crippen LogP contribution in [0.3, 0.4) is 0 Å². The molecule has 0 heterocycles. The van der Waals surface area contributed by atoms with Crippen LogP contribution in [0.5, 0.6) is 0 Å². The first-order valence-electron chi connectivity index (χ1n) is 13.6. The average molecular weight is 576 g/mol. The Morgan fingerprint density at radius 2 is 1.66 bits per heavy atom. The van der Waals surface area contributed by atoms with E-state index in [0.29, 0.717) is 0 Å². The zero-order chi connectivity index (χ0) is 30.7. The molecule has 41 heavy (non-hydrogen) atoms. The topological polar surface area (TPSA) is 152 Å². The Morgan fingerprint density at radius 1 is 0.976 bits per heavy atom. The van der Waals surface area contributed by atoms with Gasteiger partial charge in [-0.2, -0.15) is 0 Å². The van der Waals surface area contributed by atoms with Crippen molar-refractivity contribution < 1.29 is 38.5 Å². The van der Waals surface area contributed by atoms with Crippen molar-refractivity contribution in [2.24, 2.45) is 11.3 Å². The summed E-state index contributed by atoms with van der Waals surface area (Å²) < 4.78 is 15.8. The molecule has 11 nitrogen and oxygen atoms in total. The molecule has 0 bridgehead atoms. The van der Waals surface area contributed by atoms with Gasteiger partial charge in [-0.3, -0.25) is 9.59 Å². The van der Waals surface area contributed by atoms with E-state index in [9.17, 15) is 19.2 Å². The van der Waals surface area contributed by atoms with Gasteiger partial charge in [0.25, 0.3) is 0 Å². The fraction of sp³-hybridized carbons (Fsp3) is 0.533. The predicted octanol–water partition coefficient (Wildman–Crippen LogP) is 2.64. The second-order valence-electron chi connectivity index (χ2n) is 10.5. The third kappa shape index (κ3) is 15.0. The van der Waals surface area contributed by atoms with Gasteiger partial charge in [0.1, 0.15) is 19.3 Å². The molecule has 0 saturated carbocycles. The number of alkyl carbamates (subject to hydrolysis) is 1. The van der Waals surface area contributed by atoms with Crippen LogP contribution in [0.4, 0.5) is 4.79 Å². The summed E-state index contributed by atoms with van der Waals surface area (Å²) in [6, 6.07) is 7.51. The molecule has 0 spiro atoms. The number of hydrogen-bond acceptors (Lipinski definition) is 8. The number of carbonyl (C=O) groups is 4. The van der Waals surface area contributed by atoms with Gasteiger partial charge >= 0.3 is 12.1 Å². The van der Waals surface area contributed by atoms with Crippen LogP contribution in [-0.2, 0) is 35.2 Å². The van der Waals surface area contributed by atoms with E-state index in [2.05, 4.69) is 29.1 Å². The van der Waals surface area contributed by atoms with E-state index in [4.69, 9.17) is 19.3 Å². The van der Waals surface area contributed by atoms with Crippen LogP contribution in [0, 0.1) is 11.3 Å². The minimum Gasteiger partial charge on any atom is -0.462 e. The number of esters is 1. The van der Waals surface area contributed by atoms with Crippen molar-refractivity contribution in [3.8, 4) is 0 Å². The Hall–Kier alpha value is -3.70. The average Bonchev–Trinajstić information content (AvgIpc) is 2.93. The maximum atomic E-state index is 13.1. The molecule has 0 aliphatic rings. The number of benzene rings is 1. The zero-order valence-corrected chi connectivity index (χ0v) is 24.4. The van der Waals surface area contributed by atoms with E-state index in [1.165, 1.54) is 6.08 Å². The van der Waals surface area contributed by atoms with E-state index in [0.717, 1.165) is 5.56 Å². The highest BCUT2D eigenvalue weighted by molar-refractivity contribution is 5.86. The molecule has 1 rings (SSSR count). The van der Waals surface area contributed by atoms with Crippen LogP contribution in [0.2, 0.25) is 0 Å². The van der Waals surface area contributed by atoms with E-state index < -0.39 is 35.5 Å². The SMILES string of the molecule is C=CCC(CC(=O)NCCOCCO)C(=O)NC(COC(=O)C(CC=C)NC(=O)OCc1ccccc1)C(C)(C)C. The van der Waals surface area contributed by atoms with E-state index in [-0.39, 0.29) is 70.7 Å². The Bertz CT molecular complexity index is 978. The predicted molar refractivity (Wildman–Crippen MR) is 155 cm³/mol. The summed E-state index contributed by atoms with van der Waals surface area (Å²) in [4.78, 5) is 50.7. The lowest BCUT2D eigenvalue weighted by molar-refractivity contribution is -0.148. The number of allylic oxidation sites excluding steroid dienone is 1. The molecular formula is C30H45N3O8. The summed E-state index contributed by atoms with van der Waals surface area (Å²) in [6.07, 6.45) is 2.60. The largest absolute Gasteiger partial charge is 0.462 e. The van der Waals surface area contributed by atoms with Crippen LogP contribution < -0.4 is 16.0 Å².